The molecule has 4 rings (SSSR count). The molecule has 142 valence electrons. The first-order valence-electron chi connectivity index (χ1n) is 8.90. The van der Waals surface area contributed by atoms with E-state index in [1.54, 1.807) is 4.90 Å². The minimum Gasteiger partial charge on any atom is -0.488 e. The number of piperidine rings is 1. The summed E-state index contributed by atoms with van der Waals surface area (Å²) in [5.74, 6) is -0.197. The predicted molar refractivity (Wildman–Crippen MR) is 101 cm³/mol. The van der Waals surface area contributed by atoms with Gasteiger partial charge in [0.2, 0.25) is 0 Å². The van der Waals surface area contributed by atoms with Crippen LogP contribution in [0.5, 0.6) is 5.75 Å². The monoisotopic (exact) mass is 387 g/mol. The second kappa shape index (κ2) is 6.98. The number of carboxylic acid groups (broad SMARTS) is 1. The first-order chi connectivity index (χ1) is 13.0. The number of carboxylic acids is 1. The lowest BCUT2D eigenvalue weighted by Gasteiger charge is -2.39. The second-order valence-electron chi connectivity index (χ2n) is 7.10. The smallest absolute Gasteiger partial charge is 0.313 e. The molecule has 0 spiro atoms. The summed E-state index contributed by atoms with van der Waals surface area (Å²) in [6, 6.07) is 9.68. The van der Waals surface area contributed by atoms with Gasteiger partial charge in [0.15, 0.2) is 0 Å². The van der Waals surface area contributed by atoms with E-state index in [0.29, 0.717) is 30.9 Å². The Balaban J connectivity index is 1.61. The Hall–Kier alpha value is -2.38. The quantitative estimate of drug-likeness (QED) is 0.871. The Morgan fingerprint density at radius 2 is 2.19 bits per heavy atom. The van der Waals surface area contributed by atoms with Crippen molar-refractivity contribution in [1.82, 2.24) is 4.90 Å². The average Bonchev–Trinajstić information content (AvgIpc) is 3.12. The summed E-state index contributed by atoms with van der Waals surface area (Å²) < 4.78 is 10.9. The Morgan fingerprint density at radius 3 is 2.96 bits per heavy atom. The van der Waals surface area contributed by atoms with Crippen LogP contribution in [-0.4, -0.2) is 48.7 Å². The summed E-state index contributed by atoms with van der Waals surface area (Å²) in [7, 11) is 1.50. The fourth-order valence-electron chi connectivity index (χ4n) is 3.90. The zero-order valence-corrected chi connectivity index (χ0v) is 15.9. The Kier molecular flexibility index (Phi) is 4.65. The molecule has 0 bridgehead atoms. The molecule has 1 unspecified atom stereocenters. The topological polar surface area (TPSA) is 76.1 Å². The number of fused-ring (bicyclic) bond motifs is 3. The van der Waals surface area contributed by atoms with Gasteiger partial charge in [0.25, 0.3) is 5.91 Å². The Bertz CT molecular complexity index is 888. The fraction of sp³-hybridized carbons (Fsp3) is 0.400. The zero-order valence-electron chi connectivity index (χ0n) is 15.1. The number of thiophene rings is 1. The van der Waals surface area contributed by atoms with Crippen molar-refractivity contribution >= 4 is 23.2 Å². The van der Waals surface area contributed by atoms with Gasteiger partial charge in [-0.2, -0.15) is 0 Å². The number of nitrogens with zero attached hydrogens (tertiary/aromatic N) is 1. The number of rotatable bonds is 4. The average molecular weight is 387 g/mol. The van der Waals surface area contributed by atoms with E-state index in [1.807, 2.05) is 30.3 Å². The van der Waals surface area contributed by atoms with Gasteiger partial charge in [0, 0.05) is 36.2 Å². The van der Waals surface area contributed by atoms with E-state index in [0.717, 1.165) is 21.8 Å². The molecule has 2 aliphatic rings. The summed E-state index contributed by atoms with van der Waals surface area (Å²) in [4.78, 5) is 28.3. The van der Waals surface area contributed by atoms with Crippen molar-refractivity contribution < 1.29 is 24.2 Å². The van der Waals surface area contributed by atoms with E-state index < -0.39 is 11.4 Å². The molecule has 1 aromatic heterocycles. The standard InChI is InChI=1S/C20H21NO5S/c1-25-12-20(19(23)24)7-4-8-21(11-20)18(22)16-9-13-10-26-15-6-3-2-5-14(15)17(13)27-16/h2-3,5-6,9H,4,7-8,10-12H2,1H3,(H,23,24). The molecule has 7 heteroatoms. The Labute approximate surface area is 161 Å². The number of aliphatic carboxylic acids is 1. The first kappa shape index (κ1) is 18.0. The molecular formula is C20H21NO5S. The maximum atomic E-state index is 13.1. The number of amides is 1. The highest BCUT2D eigenvalue weighted by molar-refractivity contribution is 7.17. The van der Waals surface area contributed by atoms with Crippen LogP contribution in [0.25, 0.3) is 10.4 Å². The number of carbonyl (C=O) groups is 2. The van der Waals surface area contributed by atoms with Crippen LogP contribution < -0.4 is 4.74 Å². The van der Waals surface area contributed by atoms with Gasteiger partial charge in [-0.3, -0.25) is 9.59 Å². The molecule has 2 aliphatic heterocycles. The molecule has 6 nitrogen and oxygen atoms in total. The molecule has 3 heterocycles. The lowest BCUT2D eigenvalue weighted by Crippen LogP contribution is -2.52. The van der Waals surface area contributed by atoms with Gasteiger partial charge in [-0.15, -0.1) is 11.3 Å². The molecule has 1 atom stereocenters. The van der Waals surface area contributed by atoms with E-state index in [4.69, 9.17) is 9.47 Å². The lowest BCUT2D eigenvalue weighted by atomic mass is 9.80. The van der Waals surface area contributed by atoms with Crippen LogP contribution >= 0.6 is 11.3 Å². The SMILES string of the molecule is COCC1(C(=O)O)CCCN(C(=O)c2cc3c(s2)-c2ccccc2OC3)C1. The third-order valence-electron chi connectivity index (χ3n) is 5.27. The van der Waals surface area contributed by atoms with Gasteiger partial charge < -0.3 is 19.5 Å². The molecular weight excluding hydrogens is 366 g/mol. The van der Waals surface area contributed by atoms with E-state index >= 15 is 0 Å². The number of methoxy groups -OCH3 is 1. The van der Waals surface area contributed by atoms with Crippen molar-refractivity contribution in [2.45, 2.75) is 19.4 Å². The van der Waals surface area contributed by atoms with Crippen molar-refractivity contribution in [2.24, 2.45) is 5.41 Å². The van der Waals surface area contributed by atoms with Crippen molar-refractivity contribution in [3.05, 3.63) is 40.8 Å². The molecule has 2 aromatic rings. The number of hydrogen-bond donors (Lipinski definition) is 1. The van der Waals surface area contributed by atoms with E-state index in [1.165, 1.54) is 18.4 Å². The molecule has 1 amide bonds. The van der Waals surface area contributed by atoms with Crippen molar-refractivity contribution in [2.75, 3.05) is 26.8 Å². The molecule has 0 saturated carbocycles. The maximum Gasteiger partial charge on any atom is 0.313 e. The molecule has 0 radical (unpaired) electrons. The third kappa shape index (κ3) is 3.11. The summed E-state index contributed by atoms with van der Waals surface area (Å²) in [6.45, 7) is 1.28. The molecule has 1 aromatic carbocycles. The highest BCUT2D eigenvalue weighted by Gasteiger charge is 2.44. The largest absolute Gasteiger partial charge is 0.488 e. The number of para-hydroxylation sites is 1. The predicted octanol–water partition coefficient (Wildman–Crippen LogP) is 3.26. The normalized spacial score (nSPS) is 21.1. The number of likely N-dealkylation sites (tertiary alicyclic amines) is 1. The number of carbonyl (C=O) groups excluding carboxylic acids is 1. The number of benzene rings is 1. The highest BCUT2D eigenvalue weighted by Crippen LogP contribution is 2.43. The Morgan fingerprint density at radius 1 is 1.37 bits per heavy atom. The van der Waals surface area contributed by atoms with Gasteiger partial charge in [-0.05, 0) is 31.0 Å². The molecule has 0 aliphatic carbocycles. The third-order valence-corrected chi connectivity index (χ3v) is 6.47. The van der Waals surface area contributed by atoms with Crippen LogP contribution in [0.1, 0.15) is 28.1 Å². The van der Waals surface area contributed by atoms with Gasteiger partial charge in [0.05, 0.1) is 11.5 Å². The van der Waals surface area contributed by atoms with Gasteiger partial charge in [0.1, 0.15) is 17.8 Å². The van der Waals surface area contributed by atoms with Crippen LogP contribution in [0.4, 0.5) is 0 Å². The summed E-state index contributed by atoms with van der Waals surface area (Å²) in [5.41, 5.74) is 0.969. The zero-order chi connectivity index (χ0) is 19.0. The minimum absolute atomic E-state index is 0.105. The van der Waals surface area contributed by atoms with Crippen LogP contribution in [-0.2, 0) is 16.1 Å². The maximum absolute atomic E-state index is 13.1. The van der Waals surface area contributed by atoms with Crippen LogP contribution in [0, 0.1) is 5.41 Å². The second-order valence-corrected chi connectivity index (χ2v) is 8.15. The van der Waals surface area contributed by atoms with Gasteiger partial charge in [-0.1, -0.05) is 12.1 Å². The summed E-state index contributed by atoms with van der Waals surface area (Å²) in [6.07, 6.45) is 1.17. The van der Waals surface area contributed by atoms with Crippen LogP contribution in [0.3, 0.4) is 0 Å². The molecule has 27 heavy (non-hydrogen) atoms. The molecule has 1 N–H and O–H groups in total. The first-order valence-corrected chi connectivity index (χ1v) is 9.72. The van der Waals surface area contributed by atoms with Gasteiger partial charge >= 0.3 is 5.97 Å². The van der Waals surface area contributed by atoms with Gasteiger partial charge in [-0.25, -0.2) is 0 Å². The van der Waals surface area contributed by atoms with Crippen molar-refractivity contribution in [3.63, 3.8) is 0 Å². The van der Waals surface area contributed by atoms with Crippen molar-refractivity contribution in [1.29, 1.82) is 0 Å². The molecule has 1 fully saturated rings. The van der Waals surface area contributed by atoms with Crippen molar-refractivity contribution in [3.8, 4) is 16.2 Å². The number of ether oxygens (including phenoxy) is 2. The summed E-state index contributed by atoms with van der Waals surface area (Å²) in [5, 5.41) is 9.70. The van der Waals surface area contributed by atoms with E-state index in [-0.39, 0.29) is 19.1 Å². The van der Waals surface area contributed by atoms with E-state index in [2.05, 4.69) is 0 Å². The lowest BCUT2D eigenvalue weighted by molar-refractivity contribution is -0.155. The van der Waals surface area contributed by atoms with E-state index in [9.17, 15) is 14.7 Å². The highest BCUT2D eigenvalue weighted by atomic mass is 32.1. The summed E-state index contributed by atoms with van der Waals surface area (Å²) >= 11 is 1.45. The molecule has 1 saturated heterocycles. The van der Waals surface area contributed by atoms with Crippen LogP contribution in [0.15, 0.2) is 30.3 Å². The fourth-order valence-corrected chi connectivity index (χ4v) is 5.06. The minimum atomic E-state index is -1.03. The van der Waals surface area contributed by atoms with Crippen LogP contribution in [0.2, 0.25) is 0 Å². The number of hydrogen-bond acceptors (Lipinski definition) is 5.